The SMILES string of the molecule is CC1(C)CC2=C(C(c3ccc(OCc4ccccc4)cc3F)N(C(=O)c3nccnc3Cl)c3cccc(O)c3N2)S(=O)(=O)C1. The van der Waals surface area contributed by atoms with Gasteiger partial charge in [-0.05, 0) is 41.7 Å². The Hall–Kier alpha value is -4.48. The monoisotopic (exact) mass is 634 g/mol. The quantitative estimate of drug-likeness (QED) is 0.241. The summed E-state index contributed by atoms with van der Waals surface area (Å²) >= 11 is 6.29. The third-order valence-corrected chi connectivity index (χ3v) is 10.1. The molecule has 1 atom stereocenters. The van der Waals surface area contributed by atoms with Crippen molar-refractivity contribution in [1.82, 2.24) is 9.97 Å². The molecule has 2 aliphatic heterocycles. The number of anilines is 2. The van der Waals surface area contributed by atoms with Crippen LogP contribution >= 0.6 is 11.6 Å². The van der Waals surface area contributed by atoms with Crippen molar-refractivity contribution in [3.8, 4) is 11.5 Å². The Morgan fingerprint density at radius 2 is 1.86 bits per heavy atom. The second-order valence-corrected chi connectivity index (χ2v) is 13.8. The first-order chi connectivity index (χ1) is 20.9. The molecule has 3 aromatic carbocycles. The summed E-state index contributed by atoms with van der Waals surface area (Å²) in [6.07, 6.45) is 2.83. The van der Waals surface area contributed by atoms with Crippen molar-refractivity contribution in [3.63, 3.8) is 0 Å². The Kier molecular flexibility index (Phi) is 7.54. The van der Waals surface area contributed by atoms with Crippen LogP contribution in [-0.4, -0.2) is 35.2 Å². The predicted octanol–water partition coefficient (Wildman–Crippen LogP) is 6.42. The number of allylic oxidation sites excluding steroid dienone is 1. The number of nitrogens with zero attached hydrogens (tertiary/aromatic N) is 3. The lowest BCUT2D eigenvalue weighted by molar-refractivity contribution is 0.0975. The van der Waals surface area contributed by atoms with E-state index < -0.39 is 33.0 Å². The normalized spacial score (nSPS) is 18.5. The fraction of sp³-hybridized carbons (Fsp3) is 0.219. The third-order valence-electron chi connectivity index (χ3n) is 7.52. The average Bonchev–Trinajstić information content (AvgIpc) is 3.11. The van der Waals surface area contributed by atoms with E-state index in [1.165, 1.54) is 42.7 Å². The number of phenols is 1. The Morgan fingerprint density at radius 3 is 2.59 bits per heavy atom. The topological polar surface area (TPSA) is 122 Å². The van der Waals surface area contributed by atoms with Gasteiger partial charge in [-0.1, -0.05) is 61.8 Å². The van der Waals surface area contributed by atoms with Crippen LogP contribution in [0.5, 0.6) is 11.5 Å². The number of phenolic OH excluding ortho intramolecular Hbond substituents is 1. The largest absolute Gasteiger partial charge is 0.506 e. The van der Waals surface area contributed by atoms with Gasteiger partial charge in [0, 0.05) is 29.7 Å². The van der Waals surface area contributed by atoms with Crippen molar-refractivity contribution in [2.45, 2.75) is 32.9 Å². The summed E-state index contributed by atoms with van der Waals surface area (Å²) < 4.78 is 50.3. The molecule has 3 heterocycles. The molecule has 1 aromatic heterocycles. The van der Waals surface area contributed by atoms with Crippen molar-refractivity contribution in [3.05, 3.63) is 118 Å². The van der Waals surface area contributed by atoms with Gasteiger partial charge in [-0.3, -0.25) is 9.69 Å². The fourth-order valence-corrected chi connectivity index (χ4v) is 8.29. The van der Waals surface area contributed by atoms with Gasteiger partial charge in [0.1, 0.15) is 35.7 Å². The van der Waals surface area contributed by atoms with Crippen molar-refractivity contribution in [2.24, 2.45) is 5.41 Å². The van der Waals surface area contributed by atoms with Crippen LogP contribution in [0.1, 0.15) is 47.9 Å². The molecule has 226 valence electrons. The van der Waals surface area contributed by atoms with Gasteiger partial charge >= 0.3 is 0 Å². The lowest BCUT2D eigenvalue weighted by atomic mass is 9.88. The number of carbonyl (C=O) groups excluding carboxylic acids is 1. The second kappa shape index (κ2) is 11.2. The van der Waals surface area contributed by atoms with Gasteiger partial charge in [0.05, 0.1) is 16.3 Å². The smallest absolute Gasteiger partial charge is 0.281 e. The van der Waals surface area contributed by atoms with Gasteiger partial charge in [-0.15, -0.1) is 0 Å². The van der Waals surface area contributed by atoms with E-state index >= 15 is 4.39 Å². The summed E-state index contributed by atoms with van der Waals surface area (Å²) in [6, 6.07) is 16.4. The van der Waals surface area contributed by atoms with Crippen molar-refractivity contribution < 1.29 is 27.4 Å². The van der Waals surface area contributed by atoms with E-state index in [-0.39, 0.29) is 68.7 Å². The van der Waals surface area contributed by atoms with Crippen LogP contribution < -0.4 is 15.0 Å². The number of hydrogen-bond donors (Lipinski definition) is 2. The van der Waals surface area contributed by atoms with E-state index in [4.69, 9.17) is 16.3 Å². The molecule has 44 heavy (non-hydrogen) atoms. The summed E-state index contributed by atoms with van der Waals surface area (Å²) in [7, 11) is -4.10. The number of para-hydroxylation sites is 1. The van der Waals surface area contributed by atoms with E-state index in [1.807, 2.05) is 44.2 Å². The number of amides is 1. The lowest BCUT2D eigenvalue weighted by Crippen LogP contribution is -2.41. The standard InChI is InChI=1S/C32H28ClFN4O5S/c1-32(2)16-23-29(44(41,42)18-32)28(21-12-11-20(15-22(21)34)43-17-19-7-4-3-5-8-19)38(24-9-6-10-25(39)26(24)37-23)31(40)27-30(33)36-14-13-35-27/h3-15,28,37,39H,16-18H2,1-2H3. The van der Waals surface area contributed by atoms with Crippen LogP contribution in [-0.2, 0) is 16.4 Å². The van der Waals surface area contributed by atoms with Crippen LogP contribution in [0.25, 0.3) is 0 Å². The minimum atomic E-state index is -4.10. The molecule has 2 N–H and O–H groups in total. The number of aromatic nitrogens is 2. The van der Waals surface area contributed by atoms with E-state index in [9.17, 15) is 18.3 Å². The van der Waals surface area contributed by atoms with Crippen LogP contribution in [0, 0.1) is 11.2 Å². The second-order valence-electron chi connectivity index (χ2n) is 11.5. The lowest BCUT2D eigenvalue weighted by Gasteiger charge is -2.37. The number of benzene rings is 3. The van der Waals surface area contributed by atoms with Gasteiger partial charge in [0.15, 0.2) is 20.7 Å². The van der Waals surface area contributed by atoms with E-state index in [1.54, 1.807) is 0 Å². The van der Waals surface area contributed by atoms with Gasteiger partial charge in [-0.25, -0.2) is 22.8 Å². The maximum atomic E-state index is 16.3. The first kappa shape index (κ1) is 29.6. The molecule has 12 heteroatoms. The maximum Gasteiger partial charge on any atom is 0.281 e. The van der Waals surface area contributed by atoms with Crippen LogP contribution in [0.2, 0.25) is 5.15 Å². The molecule has 0 saturated heterocycles. The minimum absolute atomic E-state index is 0.0898. The summed E-state index contributed by atoms with van der Waals surface area (Å²) in [5.74, 6) is -1.88. The molecule has 0 saturated carbocycles. The first-order valence-corrected chi connectivity index (χ1v) is 15.8. The fourth-order valence-electron chi connectivity index (χ4n) is 5.75. The number of fused-ring (bicyclic) bond motifs is 1. The molecule has 6 rings (SSSR count). The Morgan fingerprint density at radius 1 is 1.11 bits per heavy atom. The zero-order valence-corrected chi connectivity index (χ0v) is 25.4. The predicted molar refractivity (Wildman–Crippen MR) is 165 cm³/mol. The van der Waals surface area contributed by atoms with Crippen molar-refractivity contribution in [1.29, 1.82) is 0 Å². The summed E-state index contributed by atoms with van der Waals surface area (Å²) in [4.78, 5) is 23.3. The number of ether oxygens (including phenoxy) is 1. The molecule has 0 radical (unpaired) electrons. The highest BCUT2D eigenvalue weighted by Gasteiger charge is 2.48. The maximum absolute atomic E-state index is 16.3. The average molecular weight is 635 g/mol. The summed E-state index contributed by atoms with van der Waals surface area (Å²) in [5, 5.41) is 13.8. The number of nitrogens with one attached hydrogen (secondary N) is 1. The van der Waals surface area contributed by atoms with Gasteiger partial charge in [0.2, 0.25) is 0 Å². The molecule has 1 amide bonds. The molecule has 2 aliphatic rings. The number of carbonyl (C=O) groups is 1. The van der Waals surface area contributed by atoms with Crippen molar-refractivity contribution >= 4 is 38.7 Å². The molecule has 1 unspecified atom stereocenters. The van der Waals surface area contributed by atoms with Crippen LogP contribution in [0.3, 0.4) is 0 Å². The van der Waals surface area contributed by atoms with E-state index in [2.05, 4.69) is 15.3 Å². The summed E-state index contributed by atoms with van der Waals surface area (Å²) in [6.45, 7) is 3.81. The summed E-state index contributed by atoms with van der Waals surface area (Å²) in [5.41, 5.74) is 0.263. The molecule has 4 aromatic rings. The Bertz CT molecular complexity index is 1920. The third kappa shape index (κ3) is 5.48. The van der Waals surface area contributed by atoms with Crippen LogP contribution in [0.15, 0.2) is 89.7 Å². The molecule has 0 aliphatic carbocycles. The highest BCUT2D eigenvalue weighted by molar-refractivity contribution is 7.95. The molecular formula is C32H28ClFN4O5S. The number of halogens is 2. The van der Waals surface area contributed by atoms with Gasteiger partial charge < -0.3 is 15.2 Å². The zero-order valence-electron chi connectivity index (χ0n) is 23.8. The molecule has 0 spiro atoms. The number of aromatic hydroxyl groups is 1. The molecule has 0 fully saturated rings. The molecule has 9 nitrogen and oxygen atoms in total. The molecule has 0 bridgehead atoms. The first-order valence-electron chi connectivity index (χ1n) is 13.8. The highest BCUT2D eigenvalue weighted by atomic mass is 35.5. The van der Waals surface area contributed by atoms with Crippen LogP contribution in [0.4, 0.5) is 15.8 Å². The highest BCUT2D eigenvalue weighted by Crippen LogP contribution is 2.52. The van der Waals surface area contributed by atoms with E-state index in [0.717, 1.165) is 16.5 Å². The number of sulfone groups is 1. The Labute approximate surface area is 258 Å². The van der Waals surface area contributed by atoms with Gasteiger partial charge in [0.25, 0.3) is 5.91 Å². The Balaban J connectivity index is 1.57. The minimum Gasteiger partial charge on any atom is -0.506 e. The number of hydrogen-bond acceptors (Lipinski definition) is 8. The number of rotatable bonds is 5. The van der Waals surface area contributed by atoms with Crippen molar-refractivity contribution in [2.75, 3.05) is 16.0 Å². The zero-order chi connectivity index (χ0) is 31.2. The van der Waals surface area contributed by atoms with E-state index in [0.29, 0.717) is 0 Å². The molecular weight excluding hydrogens is 607 g/mol. The van der Waals surface area contributed by atoms with Gasteiger partial charge in [-0.2, -0.15) is 0 Å².